The number of nitrogens with one attached hydrogen (secondary N) is 1. The molecule has 2 aliphatic rings. The van der Waals surface area contributed by atoms with Crippen molar-refractivity contribution in [1.82, 2.24) is 5.43 Å². The van der Waals surface area contributed by atoms with Crippen molar-refractivity contribution in [2.45, 2.75) is 18.9 Å². The summed E-state index contributed by atoms with van der Waals surface area (Å²) >= 11 is 1.70. The summed E-state index contributed by atoms with van der Waals surface area (Å²) in [6, 6.07) is 10.2. The lowest BCUT2D eigenvalue weighted by molar-refractivity contribution is 0.118. The fourth-order valence-electron chi connectivity index (χ4n) is 2.15. The van der Waals surface area contributed by atoms with E-state index in [2.05, 4.69) is 27.7 Å². The van der Waals surface area contributed by atoms with E-state index in [1.54, 1.807) is 11.8 Å². The van der Waals surface area contributed by atoms with Crippen LogP contribution < -0.4 is 5.43 Å². The van der Waals surface area contributed by atoms with Crippen LogP contribution in [0.25, 0.3) is 0 Å². The number of aliphatic imine (C=N–C) groups is 1. The molecule has 2 aliphatic heterocycles. The van der Waals surface area contributed by atoms with E-state index in [1.165, 1.54) is 5.56 Å². The molecular weight excluding hydrogens is 258 g/mol. The second-order valence-electron chi connectivity index (χ2n) is 4.61. The van der Waals surface area contributed by atoms with E-state index in [-0.39, 0.29) is 0 Å². The number of rotatable bonds is 3. The molecule has 1 saturated heterocycles. The molecule has 5 heteroatoms. The Hall–Kier alpha value is -1.33. The fraction of sp³-hybridized carbons (Fsp3) is 0.429. The van der Waals surface area contributed by atoms with Crippen molar-refractivity contribution in [3.8, 4) is 0 Å². The molecule has 3 rings (SSSR count). The molecular formula is C14H17N3OS. The normalized spacial score (nSPS) is 25.2. The van der Waals surface area contributed by atoms with Gasteiger partial charge in [-0.2, -0.15) is 5.10 Å². The number of hydrogen-bond acceptors (Lipinski definition) is 4. The molecule has 19 heavy (non-hydrogen) atoms. The third kappa shape index (κ3) is 3.36. The van der Waals surface area contributed by atoms with E-state index in [0.717, 1.165) is 42.6 Å². The molecule has 0 saturated carbocycles. The summed E-state index contributed by atoms with van der Waals surface area (Å²) in [6.45, 7) is 1.62. The lowest BCUT2D eigenvalue weighted by Crippen LogP contribution is -2.26. The maximum Gasteiger partial charge on any atom is 0.177 e. The molecule has 0 amide bonds. The third-order valence-corrected chi connectivity index (χ3v) is 4.11. The summed E-state index contributed by atoms with van der Waals surface area (Å²) < 4.78 is 5.55. The summed E-state index contributed by atoms with van der Waals surface area (Å²) in [7, 11) is 0. The highest BCUT2D eigenvalue weighted by atomic mass is 32.2. The lowest BCUT2D eigenvalue weighted by Gasteiger charge is -2.15. The van der Waals surface area contributed by atoms with Crippen LogP contribution in [0, 0.1) is 0 Å². The maximum absolute atomic E-state index is 5.55. The van der Waals surface area contributed by atoms with Crippen molar-refractivity contribution in [1.29, 1.82) is 0 Å². The average molecular weight is 275 g/mol. The zero-order valence-corrected chi connectivity index (χ0v) is 11.5. The molecule has 100 valence electrons. The van der Waals surface area contributed by atoms with E-state index in [4.69, 9.17) is 4.74 Å². The molecule has 0 radical (unpaired) electrons. The molecule has 1 atom stereocenters. The van der Waals surface area contributed by atoms with Gasteiger partial charge in [0.05, 0.1) is 18.4 Å². The number of nitrogens with zero attached hydrogens (tertiary/aromatic N) is 2. The van der Waals surface area contributed by atoms with E-state index in [0.29, 0.717) is 6.10 Å². The van der Waals surface area contributed by atoms with E-state index < -0.39 is 0 Å². The Labute approximate surface area is 117 Å². The van der Waals surface area contributed by atoms with Gasteiger partial charge in [0, 0.05) is 12.4 Å². The molecule has 1 aromatic carbocycles. The zero-order valence-electron chi connectivity index (χ0n) is 10.7. The number of hydrazone groups is 1. The molecule has 1 N–H and O–H groups in total. The zero-order chi connectivity index (χ0) is 12.9. The van der Waals surface area contributed by atoms with Crippen LogP contribution in [-0.4, -0.2) is 35.9 Å². The van der Waals surface area contributed by atoms with Gasteiger partial charge in [0.15, 0.2) is 5.17 Å². The summed E-state index contributed by atoms with van der Waals surface area (Å²) in [5.41, 5.74) is 5.28. The van der Waals surface area contributed by atoms with Crippen molar-refractivity contribution < 1.29 is 4.74 Å². The fourth-order valence-corrected chi connectivity index (χ4v) is 2.93. The lowest BCUT2D eigenvalue weighted by atomic mass is 10.1. The minimum Gasteiger partial charge on any atom is -0.376 e. The van der Waals surface area contributed by atoms with Gasteiger partial charge in [-0.1, -0.05) is 42.1 Å². The Balaban J connectivity index is 1.58. The smallest absolute Gasteiger partial charge is 0.177 e. The van der Waals surface area contributed by atoms with Gasteiger partial charge in [-0.25, -0.2) is 0 Å². The molecule has 1 aromatic rings. The molecule has 1 fully saturated rings. The first-order valence-electron chi connectivity index (χ1n) is 6.58. The van der Waals surface area contributed by atoms with Gasteiger partial charge in [-0.05, 0) is 18.4 Å². The first kappa shape index (κ1) is 12.7. The highest BCUT2D eigenvalue weighted by molar-refractivity contribution is 8.14. The van der Waals surface area contributed by atoms with Gasteiger partial charge < -0.3 is 4.74 Å². The van der Waals surface area contributed by atoms with Gasteiger partial charge in [0.2, 0.25) is 0 Å². The molecule has 0 spiro atoms. The molecule has 0 bridgehead atoms. The van der Waals surface area contributed by atoms with Crippen LogP contribution in [0.2, 0.25) is 0 Å². The Morgan fingerprint density at radius 2 is 2.26 bits per heavy atom. The largest absolute Gasteiger partial charge is 0.376 e. The van der Waals surface area contributed by atoms with Crippen LogP contribution in [0.5, 0.6) is 0 Å². The first-order chi connectivity index (χ1) is 9.42. The van der Waals surface area contributed by atoms with Crippen LogP contribution in [0.1, 0.15) is 18.4 Å². The Bertz CT molecular complexity index is 481. The highest BCUT2D eigenvalue weighted by Crippen LogP contribution is 2.15. The van der Waals surface area contributed by atoms with Crippen molar-refractivity contribution in [2.24, 2.45) is 10.1 Å². The Morgan fingerprint density at radius 3 is 2.95 bits per heavy atom. The van der Waals surface area contributed by atoms with Crippen LogP contribution in [0.3, 0.4) is 0 Å². The molecule has 2 heterocycles. The summed E-state index contributed by atoms with van der Waals surface area (Å²) in [5, 5.41) is 5.30. The SMILES string of the molecule is c1ccc(C2=NNC(=NC[C@H]3CCCO3)SC2)cc1. The summed E-state index contributed by atoms with van der Waals surface area (Å²) in [5.74, 6) is 0.862. The topological polar surface area (TPSA) is 46.0 Å². The van der Waals surface area contributed by atoms with Crippen LogP contribution >= 0.6 is 11.8 Å². The third-order valence-electron chi connectivity index (χ3n) is 3.20. The van der Waals surface area contributed by atoms with Gasteiger partial charge >= 0.3 is 0 Å². The molecule has 0 unspecified atom stereocenters. The average Bonchev–Trinajstić information content (AvgIpc) is 3.00. The van der Waals surface area contributed by atoms with E-state index in [1.807, 2.05) is 18.2 Å². The highest BCUT2D eigenvalue weighted by Gasteiger charge is 2.16. The second-order valence-corrected chi connectivity index (χ2v) is 5.57. The number of hydrogen-bond donors (Lipinski definition) is 1. The van der Waals surface area contributed by atoms with Crippen molar-refractivity contribution >= 4 is 22.6 Å². The van der Waals surface area contributed by atoms with Crippen molar-refractivity contribution in [3.05, 3.63) is 35.9 Å². The van der Waals surface area contributed by atoms with Gasteiger partial charge in [-0.15, -0.1) is 0 Å². The predicted octanol–water partition coefficient (Wildman–Crippen LogP) is 2.26. The van der Waals surface area contributed by atoms with Gasteiger partial charge in [0.1, 0.15) is 0 Å². The van der Waals surface area contributed by atoms with Crippen LogP contribution in [0.15, 0.2) is 40.4 Å². The quantitative estimate of drug-likeness (QED) is 0.920. The van der Waals surface area contributed by atoms with E-state index in [9.17, 15) is 0 Å². The van der Waals surface area contributed by atoms with Crippen molar-refractivity contribution in [3.63, 3.8) is 0 Å². The minimum absolute atomic E-state index is 0.300. The standard InChI is InChI=1S/C14H17N3OS/c1-2-5-11(6-3-1)13-10-19-14(17-16-13)15-9-12-7-4-8-18-12/h1-3,5-6,12H,4,7-10H2,(H,15,17)/t12-/m1/s1. The minimum atomic E-state index is 0.300. The van der Waals surface area contributed by atoms with E-state index >= 15 is 0 Å². The van der Waals surface area contributed by atoms with Gasteiger partial charge in [-0.3, -0.25) is 10.4 Å². The number of amidine groups is 1. The molecule has 0 aromatic heterocycles. The summed E-state index contributed by atoms with van der Waals surface area (Å²) in [6.07, 6.45) is 2.58. The second kappa shape index (κ2) is 6.21. The first-order valence-corrected chi connectivity index (χ1v) is 7.57. The number of ether oxygens (including phenoxy) is 1. The summed E-state index contributed by atoms with van der Waals surface area (Å²) in [4.78, 5) is 4.53. The Morgan fingerprint density at radius 1 is 1.37 bits per heavy atom. The number of benzene rings is 1. The maximum atomic E-state index is 5.55. The Kier molecular flexibility index (Phi) is 4.15. The molecule has 0 aliphatic carbocycles. The molecule has 4 nitrogen and oxygen atoms in total. The van der Waals surface area contributed by atoms with Gasteiger partial charge in [0.25, 0.3) is 0 Å². The van der Waals surface area contributed by atoms with Crippen LogP contribution in [-0.2, 0) is 4.74 Å². The monoisotopic (exact) mass is 275 g/mol. The number of thioether (sulfide) groups is 1. The predicted molar refractivity (Wildman–Crippen MR) is 79.8 cm³/mol. The van der Waals surface area contributed by atoms with Crippen LogP contribution in [0.4, 0.5) is 0 Å². The van der Waals surface area contributed by atoms with Crippen molar-refractivity contribution in [2.75, 3.05) is 18.9 Å².